The predicted octanol–water partition coefficient (Wildman–Crippen LogP) is 4.75. The number of methoxy groups -OCH3 is 1. The Morgan fingerprint density at radius 3 is 2.43 bits per heavy atom. The molecule has 0 aliphatic heterocycles. The van der Waals surface area contributed by atoms with Gasteiger partial charge in [0.05, 0.1) is 13.2 Å². The molecule has 2 aromatic carbocycles. The fourth-order valence-electron chi connectivity index (χ4n) is 2.46. The van der Waals surface area contributed by atoms with Crippen LogP contribution in [-0.2, 0) is 0 Å². The zero-order valence-electron chi connectivity index (χ0n) is 14.1. The van der Waals surface area contributed by atoms with Gasteiger partial charge in [-0.15, -0.1) is 0 Å². The monoisotopic (exact) mass is 328 g/mol. The molecule has 2 N–H and O–H groups in total. The van der Waals surface area contributed by atoms with Crippen LogP contribution in [0.25, 0.3) is 0 Å². The van der Waals surface area contributed by atoms with Crippen molar-refractivity contribution in [3.05, 3.63) is 59.2 Å². The molecule has 4 heteroatoms. The van der Waals surface area contributed by atoms with Crippen LogP contribution in [0.5, 0.6) is 5.75 Å². The van der Waals surface area contributed by atoms with Crippen molar-refractivity contribution < 1.29 is 4.74 Å². The van der Waals surface area contributed by atoms with E-state index in [0.717, 1.165) is 17.9 Å². The van der Waals surface area contributed by atoms with E-state index in [0.29, 0.717) is 5.11 Å². The number of hydrogen-bond donors (Lipinski definition) is 2. The maximum absolute atomic E-state index is 5.48. The molecule has 122 valence electrons. The summed E-state index contributed by atoms with van der Waals surface area (Å²) in [6.07, 6.45) is 0.945. The van der Waals surface area contributed by atoms with Crippen LogP contribution >= 0.6 is 12.2 Å². The molecule has 0 heterocycles. The van der Waals surface area contributed by atoms with Crippen molar-refractivity contribution in [2.75, 3.05) is 12.4 Å². The van der Waals surface area contributed by atoms with Crippen LogP contribution in [0.1, 0.15) is 36.1 Å². The Bertz CT molecular complexity index is 668. The second-order valence-electron chi connectivity index (χ2n) is 5.58. The fourth-order valence-corrected chi connectivity index (χ4v) is 2.71. The molecule has 2 aromatic rings. The van der Waals surface area contributed by atoms with E-state index in [9.17, 15) is 0 Å². The molecule has 23 heavy (non-hydrogen) atoms. The first-order valence-electron chi connectivity index (χ1n) is 7.82. The highest BCUT2D eigenvalue weighted by molar-refractivity contribution is 7.80. The number of hydrogen-bond acceptors (Lipinski definition) is 2. The Labute approximate surface area is 144 Å². The quantitative estimate of drug-likeness (QED) is 0.776. The lowest BCUT2D eigenvalue weighted by Crippen LogP contribution is -2.32. The van der Waals surface area contributed by atoms with Crippen molar-refractivity contribution in [3.63, 3.8) is 0 Å². The van der Waals surface area contributed by atoms with Gasteiger partial charge in [-0.3, -0.25) is 0 Å². The number of benzene rings is 2. The maximum Gasteiger partial charge on any atom is 0.171 e. The first kappa shape index (κ1) is 17.3. The first-order valence-corrected chi connectivity index (χ1v) is 8.23. The topological polar surface area (TPSA) is 33.3 Å². The normalized spacial score (nSPS) is 11.7. The van der Waals surface area contributed by atoms with Crippen LogP contribution in [0.15, 0.2) is 42.5 Å². The van der Waals surface area contributed by atoms with E-state index < -0.39 is 0 Å². The maximum atomic E-state index is 5.48. The summed E-state index contributed by atoms with van der Waals surface area (Å²) in [4.78, 5) is 0. The average molecular weight is 328 g/mol. The molecule has 0 saturated heterocycles. The number of anilines is 1. The van der Waals surface area contributed by atoms with E-state index in [1.807, 2.05) is 24.3 Å². The van der Waals surface area contributed by atoms with E-state index in [1.165, 1.54) is 16.7 Å². The largest absolute Gasteiger partial charge is 0.497 e. The molecule has 0 aromatic heterocycles. The van der Waals surface area contributed by atoms with Crippen LogP contribution in [-0.4, -0.2) is 12.2 Å². The molecule has 0 bridgehead atoms. The lowest BCUT2D eigenvalue weighted by Gasteiger charge is -2.21. The molecular weight excluding hydrogens is 304 g/mol. The van der Waals surface area contributed by atoms with Crippen LogP contribution in [0.4, 0.5) is 5.69 Å². The molecule has 0 amide bonds. The molecule has 3 nitrogen and oxygen atoms in total. The summed E-state index contributed by atoms with van der Waals surface area (Å²) < 4.78 is 5.21. The Morgan fingerprint density at radius 2 is 1.83 bits per heavy atom. The molecule has 2 rings (SSSR count). The Morgan fingerprint density at radius 1 is 1.13 bits per heavy atom. The van der Waals surface area contributed by atoms with Crippen molar-refractivity contribution >= 4 is 23.0 Å². The molecule has 0 unspecified atom stereocenters. The lowest BCUT2D eigenvalue weighted by molar-refractivity contribution is 0.414. The Hall–Kier alpha value is -2.07. The zero-order chi connectivity index (χ0) is 16.8. The van der Waals surface area contributed by atoms with Gasteiger partial charge < -0.3 is 15.4 Å². The first-order chi connectivity index (χ1) is 11.0. The lowest BCUT2D eigenvalue weighted by atomic mass is 10.0. The Balaban J connectivity index is 2.05. The third-order valence-electron chi connectivity index (χ3n) is 4.08. The van der Waals surface area contributed by atoms with Crippen LogP contribution in [0.3, 0.4) is 0 Å². The van der Waals surface area contributed by atoms with Gasteiger partial charge in [0.2, 0.25) is 0 Å². The van der Waals surface area contributed by atoms with Gasteiger partial charge in [0.15, 0.2) is 5.11 Å². The fraction of sp³-hybridized carbons (Fsp3) is 0.316. The van der Waals surface area contributed by atoms with Gasteiger partial charge in [0, 0.05) is 5.69 Å². The van der Waals surface area contributed by atoms with Crippen LogP contribution in [0.2, 0.25) is 0 Å². The van der Waals surface area contributed by atoms with Gasteiger partial charge in [0.25, 0.3) is 0 Å². The van der Waals surface area contributed by atoms with Gasteiger partial charge in [-0.2, -0.15) is 0 Å². The minimum absolute atomic E-state index is 0.172. The molecule has 0 fully saturated rings. The van der Waals surface area contributed by atoms with E-state index in [1.54, 1.807) is 7.11 Å². The summed E-state index contributed by atoms with van der Waals surface area (Å²) in [6, 6.07) is 14.4. The molecule has 0 aliphatic carbocycles. The summed E-state index contributed by atoms with van der Waals surface area (Å²) in [5.74, 6) is 0.861. The second-order valence-corrected chi connectivity index (χ2v) is 5.99. The molecule has 0 aliphatic rings. The van der Waals surface area contributed by atoms with Crippen LogP contribution in [0, 0.1) is 13.8 Å². The van der Waals surface area contributed by atoms with Crippen molar-refractivity contribution in [1.29, 1.82) is 0 Å². The van der Waals surface area contributed by atoms with Gasteiger partial charge in [-0.1, -0.05) is 31.2 Å². The molecule has 0 spiro atoms. The highest BCUT2D eigenvalue weighted by Gasteiger charge is 2.11. The van der Waals surface area contributed by atoms with Crippen molar-refractivity contribution in [3.8, 4) is 5.75 Å². The SMILES string of the molecule is CC[C@H](NC(=S)Nc1cccc(C)c1C)c1ccc(OC)cc1. The minimum atomic E-state index is 0.172. The smallest absolute Gasteiger partial charge is 0.171 e. The highest BCUT2D eigenvalue weighted by Crippen LogP contribution is 2.21. The number of nitrogens with one attached hydrogen (secondary N) is 2. The average Bonchev–Trinajstić information content (AvgIpc) is 2.57. The van der Waals surface area contributed by atoms with E-state index in [4.69, 9.17) is 17.0 Å². The Kier molecular flexibility index (Phi) is 5.99. The van der Waals surface area contributed by atoms with Crippen LogP contribution < -0.4 is 15.4 Å². The molecule has 1 atom stereocenters. The van der Waals surface area contributed by atoms with E-state index in [-0.39, 0.29) is 6.04 Å². The molecule has 0 saturated carbocycles. The van der Waals surface area contributed by atoms with Gasteiger partial charge in [-0.05, 0) is 67.4 Å². The van der Waals surface area contributed by atoms with Crippen molar-refractivity contribution in [1.82, 2.24) is 5.32 Å². The summed E-state index contributed by atoms with van der Waals surface area (Å²) in [5.41, 5.74) is 4.71. The highest BCUT2D eigenvalue weighted by atomic mass is 32.1. The number of ether oxygens (including phenoxy) is 1. The van der Waals surface area contributed by atoms with E-state index in [2.05, 4.69) is 49.6 Å². The summed E-state index contributed by atoms with van der Waals surface area (Å²) >= 11 is 5.48. The molecular formula is C19H24N2OS. The third kappa shape index (κ3) is 4.45. The van der Waals surface area contributed by atoms with Gasteiger partial charge in [-0.25, -0.2) is 0 Å². The standard InChI is InChI=1S/C19H24N2OS/c1-5-17(15-9-11-16(22-4)12-10-15)20-19(23)21-18-8-6-7-13(2)14(18)3/h6-12,17H,5H2,1-4H3,(H2,20,21,23)/t17-/m0/s1. The summed E-state index contributed by atoms with van der Waals surface area (Å²) in [7, 11) is 1.67. The van der Waals surface area contributed by atoms with Gasteiger partial charge in [0.1, 0.15) is 5.75 Å². The summed E-state index contributed by atoms with van der Waals surface area (Å²) in [6.45, 7) is 6.34. The predicted molar refractivity (Wildman–Crippen MR) is 101 cm³/mol. The van der Waals surface area contributed by atoms with Crippen molar-refractivity contribution in [2.24, 2.45) is 0 Å². The number of rotatable bonds is 5. The summed E-state index contributed by atoms with van der Waals surface area (Å²) in [5, 5.41) is 7.34. The zero-order valence-corrected chi connectivity index (χ0v) is 15.0. The number of thiocarbonyl (C=S) groups is 1. The second kappa shape index (κ2) is 7.97. The van der Waals surface area contributed by atoms with Gasteiger partial charge >= 0.3 is 0 Å². The van der Waals surface area contributed by atoms with Crippen molar-refractivity contribution in [2.45, 2.75) is 33.2 Å². The number of aryl methyl sites for hydroxylation is 1. The third-order valence-corrected chi connectivity index (χ3v) is 4.30. The van der Waals surface area contributed by atoms with E-state index >= 15 is 0 Å². The molecule has 0 radical (unpaired) electrons. The minimum Gasteiger partial charge on any atom is -0.497 e.